The van der Waals surface area contributed by atoms with E-state index in [2.05, 4.69) is 5.32 Å². The van der Waals surface area contributed by atoms with Gasteiger partial charge in [0.25, 0.3) is 0 Å². The molecule has 2 fully saturated rings. The quantitative estimate of drug-likeness (QED) is 0.568. The number of amides is 2. The normalized spacial score (nSPS) is 27.8. The zero-order valence-corrected chi connectivity index (χ0v) is 23.5. The second kappa shape index (κ2) is 11.1. The average Bonchev–Trinajstić information content (AvgIpc) is 3.48. The number of rotatable bonds is 2. The lowest BCUT2D eigenvalue weighted by Crippen LogP contribution is -2.57. The van der Waals surface area contributed by atoms with Crippen LogP contribution in [-0.2, 0) is 20.7 Å². The second-order valence-electron chi connectivity index (χ2n) is 12.1. The summed E-state index contributed by atoms with van der Waals surface area (Å²) >= 11 is 0. The maximum absolute atomic E-state index is 13.8. The summed E-state index contributed by atoms with van der Waals surface area (Å²) in [6.07, 6.45) is 3.97. The van der Waals surface area contributed by atoms with Gasteiger partial charge in [-0.2, -0.15) is 0 Å². The number of nitrogens with zero attached hydrogens (tertiary/aromatic N) is 3. The van der Waals surface area contributed by atoms with Crippen LogP contribution in [0.1, 0.15) is 65.0 Å². The van der Waals surface area contributed by atoms with Crippen LogP contribution in [0.2, 0.25) is 0 Å². The van der Waals surface area contributed by atoms with Gasteiger partial charge in [-0.25, -0.2) is 19.6 Å². The van der Waals surface area contributed by atoms with Gasteiger partial charge in [-0.1, -0.05) is 33.6 Å². The second-order valence-corrected chi connectivity index (χ2v) is 12.1. The van der Waals surface area contributed by atoms with Gasteiger partial charge in [-0.05, 0) is 49.1 Å². The maximum atomic E-state index is 13.8. The number of hydrogen-bond donors (Lipinski definition) is 2. The molecule has 5 rings (SSSR count). The standard InChI is InChI=1S/C29H38N4O7/c1-29(2,3)24-26(34)33-15-18(14-22(33)27(35)36)39-25-20(30-19-11-10-17(38-4)13-21(19)31-25)9-7-5-6-8-16-12-23(16)40-28(37)32-24/h10-11,13,16,18,22-24H,5-9,12,14-15H2,1-4H3,(H,32,37)(H,35,36)/t16-,18+,22-,23-,24+/m0/s1. The Kier molecular flexibility index (Phi) is 7.74. The Morgan fingerprint density at radius 2 is 1.90 bits per heavy atom. The van der Waals surface area contributed by atoms with Crippen LogP contribution in [-0.4, -0.2) is 75.9 Å². The number of hydrogen-bond acceptors (Lipinski definition) is 8. The first-order chi connectivity index (χ1) is 19.0. The molecule has 216 valence electrons. The monoisotopic (exact) mass is 554 g/mol. The number of benzene rings is 1. The molecule has 2 aliphatic heterocycles. The number of carbonyl (C=O) groups excluding carboxylic acids is 2. The minimum Gasteiger partial charge on any atom is -0.497 e. The summed E-state index contributed by atoms with van der Waals surface area (Å²) in [7, 11) is 1.58. The summed E-state index contributed by atoms with van der Waals surface area (Å²) in [5.74, 6) is -0.301. The molecule has 3 aliphatic rings. The fourth-order valence-electron chi connectivity index (χ4n) is 5.60. The Bertz CT molecular complexity index is 1290. The van der Waals surface area contributed by atoms with Gasteiger partial charge in [-0.3, -0.25) is 4.79 Å². The van der Waals surface area contributed by atoms with Crippen molar-refractivity contribution in [2.75, 3.05) is 13.7 Å². The van der Waals surface area contributed by atoms with Gasteiger partial charge in [0.1, 0.15) is 35.7 Å². The van der Waals surface area contributed by atoms with Gasteiger partial charge in [0, 0.05) is 12.5 Å². The minimum atomic E-state index is -1.13. The molecular weight excluding hydrogens is 516 g/mol. The topological polar surface area (TPSA) is 140 Å². The number of carboxylic acids is 1. The molecule has 0 spiro atoms. The van der Waals surface area contributed by atoms with Gasteiger partial charge in [-0.15, -0.1) is 0 Å². The highest BCUT2D eigenvalue weighted by molar-refractivity contribution is 5.90. The molecule has 2 amide bonds. The zero-order chi connectivity index (χ0) is 28.6. The summed E-state index contributed by atoms with van der Waals surface area (Å²) in [6.45, 7) is 5.52. The number of aromatic nitrogens is 2. The predicted molar refractivity (Wildman–Crippen MR) is 145 cm³/mol. The molecule has 40 heavy (non-hydrogen) atoms. The van der Waals surface area contributed by atoms with Gasteiger partial charge in [0.15, 0.2) is 0 Å². The molecule has 1 aliphatic carbocycles. The third kappa shape index (κ3) is 6.08. The van der Waals surface area contributed by atoms with E-state index >= 15 is 0 Å². The number of aliphatic carboxylic acids is 1. The van der Waals surface area contributed by atoms with Crippen molar-refractivity contribution in [2.45, 2.75) is 90.0 Å². The fraction of sp³-hybridized carbons (Fsp3) is 0.621. The SMILES string of the molecule is COc1ccc2nc3c(nc2c1)O[C@@H]1C[C@@H](C(=O)O)N(C1)C(=O)[C@H](C(C)(C)C)NC(=O)O[C@H]1C[C@@H]1CCCCC3. The molecule has 1 saturated heterocycles. The third-order valence-corrected chi connectivity index (χ3v) is 8.00. The Morgan fingerprint density at radius 3 is 2.62 bits per heavy atom. The Morgan fingerprint density at radius 1 is 1.10 bits per heavy atom. The van der Waals surface area contributed by atoms with Crippen molar-refractivity contribution < 1.29 is 33.7 Å². The van der Waals surface area contributed by atoms with Gasteiger partial charge in [0.2, 0.25) is 11.8 Å². The van der Waals surface area contributed by atoms with Crippen molar-refractivity contribution >= 4 is 29.0 Å². The molecule has 2 N–H and O–H groups in total. The van der Waals surface area contributed by atoms with Crippen molar-refractivity contribution in [3.05, 3.63) is 23.9 Å². The van der Waals surface area contributed by atoms with E-state index in [1.165, 1.54) is 4.90 Å². The van der Waals surface area contributed by atoms with E-state index in [-0.39, 0.29) is 19.1 Å². The molecular formula is C29H38N4O7. The van der Waals surface area contributed by atoms with Crippen LogP contribution in [0.15, 0.2) is 18.2 Å². The van der Waals surface area contributed by atoms with Crippen LogP contribution in [0.5, 0.6) is 11.6 Å². The number of carbonyl (C=O) groups is 3. The first-order valence-corrected chi connectivity index (χ1v) is 14.0. The van der Waals surface area contributed by atoms with Crippen LogP contribution < -0.4 is 14.8 Å². The molecule has 1 aromatic heterocycles. The number of nitrogens with one attached hydrogen (secondary N) is 1. The average molecular weight is 555 g/mol. The highest BCUT2D eigenvalue weighted by Gasteiger charge is 2.47. The van der Waals surface area contributed by atoms with Crippen molar-refractivity contribution in [1.82, 2.24) is 20.2 Å². The molecule has 3 heterocycles. The number of carboxylic acid groups (broad SMARTS) is 1. The van der Waals surface area contributed by atoms with Crippen molar-refractivity contribution in [2.24, 2.45) is 11.3 Å². The molecule has 2 bridgehead atoms. The number of fused-ring (bicyclic) bond motifs is 5. The predicted octanol–water partition coefficient (Wildman–Crippen LogP) is 3.72. The van der Waals surface area contributed by atoms with E-state index in [9.17, 15) is 19.5 Å². The van der Waals surface area contributed by atoms with Crippen molar-refractivity contribution in [3.63, 3.8) is 0 Å². The highest BCUT2D eigenvalue weighted by Crippen LogP contribution is 2.39. The lowest BCUT2D eigenvalue weighted by molar-refractivity contribution is -0.150. The van der Waals surface area contributed by atoms with Gasteiger partial charge < -0.3 is 29.5 Å². The Hall–Kier alpha value is -3.63. The van der Waals surface area contributed by atoms with Crippen molar-refractivity contribution in [3.8, 4) is 11.6 Å². The van der Waals surface area contributed by atoms with Gasteiger partial charge in [0.05, 0.1) is 24.7 Å². The number of aryl methyl sites for hydroxylation is 1. The molecule has 5 atom stereocenters. The van der Waals surface area contributed by atoms with E-state index in [0.29, 0.717) is 35.2 Å². The summed E-state index contributed by atoms with van der Waals surface area (Å²) in [4.78, 5) is 49.7. The molecule has 1 aromatic carbocycles. The molecule has 2 aromatic rings. The minimum absolute atomic E-state index is 0.0427. The third-order valence-electron chi connectivity index (χ3n) is 8.00. The van der Waals surface area contributed by atoms with Crippen LogP contribution >= 0.6 is 0 Å². The Labute approximate surface area is 233 Å². The molecule has 11 nitrogen and oxygen atoms in total. The summed E-state index contributed by atoms with van der Waals surface area (Å²) in [5, 5.41) is 12.7. The van der Waals surface area contributed by atoms with E-state index in [0.717, 1.165) is 37.6 Å². The van der Waals surface area contributed by atoms with Crippen LogP contribution in [0.25, 0.3) is 11.0 Å². The van der Waals surface area contributed by atoms with Crippen LogP contribution in [0.3, 0.4) is 0 Å². The van der Waals surface area contributed by atoms with Gasteiger partial charge >= 0.3 is 12.1 Å². The lowest BCUT2D eigenvalue weighted by atomic mass is 9.85. The number of alkyl carbamates (subject to hydrolysis) is 1. The maximum Gasteiger partial charge on any atom is 0.408 e. The molecule has 1 saturated carbocycles. The first-order valence-electron chi connectivity index (χ1n) is 14.0. The van der Waals surface area contributed by atoms with Crippen molar-refractivity contribution in [1.29, 1.82) is 0 Å². The smallest absolute Gasteiger partial charge is 0.408 e. The summed E-state index contributed by atoms with van der Waals surface area (Å²) < 4.78 is 17.3. The van der Waals surface area contributed by atoms with Crippen LogP contribution in [0, 0.1) is 11.3 Å². The lowest BCUT2D eigenvalue weighted by Gasteiger charge is -2.34. The highest BCUT2D eigenvalue weighted by atomic mass is 16.6. The summed E-state index contributed by atoms with van der Waals surface area (Å²) in [5.41, 5.74) is 1.36. The van der Waals surface area contributed by atoms with E-state index in [1.807, 2.05) is 32.9 Å². The molecule has 0 radical (unpaired) electrons. The molecule has 11 heteroatoms. The number of ether oxygens (including phenoxy) is 3. The largest absolute Gasteiger partial charge is 0.497 e. The van der Waals surface area contributed by atoms with Crippen LogP contribution in [0.4, 0.5) is 4.79 Å². The fourth-order valence-corrected chi connectivity index (χ4v) is 5.60. The zero-order valence-electron chi connectivity index (χ0n) is 23.5. The number of methoxy groups -OCH3 is 1. The van der Waals surface area contributed by atoms with E-state index in [1.54, 1.807) is 13.2 Å². The molecule has 0 unspecified atom stereocenters. The van der Waals surface area contributed by atoms with E-state index < -0.39 is 41.6 Å². The Balaban J connectivity index is 1.48. The first kappa shape index (κ1) is 27.9. The summed E-state index contributed by atoms with van der Waals surface area (Å²) in [6, 6.07) is 3.40. The van der Waals surface area contributed by atoms with E-state index in [4.69, 9.17) is 24.2 Å².